The first-order valence-corrected chi connectivity index (χ1v) is 13.3. The van der Waals surface area contributed by atoms with Crippen molar-refractivity contribution >= 4 is 22.6 Å². The Labute approximate surface area is 232 Å². The lowest BCUT2D eigenvalue weighted by molar-refractivity contribution is -0.907. The van der Waals surface area contributed by atoms with Crippen molar-refractivity contribution in [3.8, 4) is 0 Å². The van der Waals surface area contributed by atoms with E-state index in [4.69, 9.17) is 17.2 Å². The molecule has 0 aliphatic rings. The first-order chi connectivity index (χ1) is 18.9. The van der Waals surface area contributed by atoms with Crippen molar-refractivity contribution in [2.75, 3.05) is 39.8 Å². The highest BCUT2D eigenvalue weighted by atomic mass is 19.4. The lowest BCUT2D eigenvalue weighted by Gasteiger charge is -2.34. The second-order valence-electron chi connectivity index (χ2n) is 10.4. The van der Waals surface area contributed by atoms with Crippen LogP contribution in [0.25, 0.3) is 10.9 Å². The number of aromatic nitrogens is 1. The molecule has 0 saturated heterocycles. The number of amides is 1. The quantitative estimate of drug-likeness (QED) is 0.224. The summed E-state index contributed by atoms with van der Waals surface area (Å²) in [6, 6.07) is 12.0. The van der Waals surface area contributed by atoms with Crippen molar-refractivity contribution in [3.05, 3.63) is 77.5 Å². The monoisotopic (exact) mass is 559 g/mol. The number of carbonyl (C=O) groups is 2. The molecule has 0 bridgehead atoms. The third kappa shape index (κ3) is 8.82. The van der Waals surface area contributed by atoms with Gasteiger partial charge in [0.15, 0.2) is 5.78 Å². The molecule has 0 spiro atoms. The molecule has 7 N–H and O–H groups in total. The van der Waals surface area contributed by atoms with Gasteiger partial charge in [0.2, 0.25) is 5.91 Å². The van der Waals surface area contributed by atoms with E-state index in [1.54, 1.807) is 6.20 Å². The molecule has 216 valence electrons. The Morgan fingerprint density at radius 1 is 0.975 bits per heavy atom. The van der Waals surface area contributed by atoms with Gasteiger partial charge in [-0.25, -0.2) is 0 Å². The summed E-state index contributed by atoms with van der Waals surface area (Å²) < 4.78 is 39.7. The first-order valence-electron chi connectivity index (χ1n) is 13.3. The summed E-state index contributed by atoms with van der Waals surface area (Å²) >= 11 is 0. The molecule has 2 aromatic carbocycles. The van der Waals surface area contributed by atoms with Crippen LogP contribution in [0.5, 0.6) is 0 Å². The molecule has 1 amide bonds. The fourth-order valence-corrected chi connectivity index (χ4v) is 4.67. The molecule has 0 aliphatic heterocycles. The standard InChI is InChI=1S/C29H37F3N6O2/c1-38(14-11-33,15-12-34)13-10-24(35)28(40)37-26(17-20-6-8-23(9-7-20)29(30,31)32)27(39)18-21-16-22-4-2-3-5-25(22)36-19-21/h2-9,16,19,24,26H,10-15,17-18,33-35H2,1H3/p+1/t24-,26-/m0/s1. The maximum Gasteiger partial charge on any atom is 0.416 e. The Morgan fingerprint density at radius 2 is 1.62 bits per heavy atom. The molecule has 0 saturated carbocycles. The van der Waals surface area contributed by atoms with Crippen LogP contribution in [0.15, 0.2) is 60.8 Å². The van der Waals surface area contributed by atoms with Crippen molar-refractivity contribution in [3.63, 3.8) is 0 Å². The Kier molecular flexibility index (Phi) is 10.7. The fourth-order valence-electron chi connectivity index (χ4n) is 4.67. The van der Waals surface area contributed by atoms with Crippen LogP contribution in [-0.4, -0.2) is 73.0 Å². The van der Waals surface area contributed by atoms with Gasteiger partial charge in [0.25, 0.3) is 0 Å². The third-order valence-electron chi connectivity index (χ3n) is 7.11. The van der Waals surface area contributed by atoms with Crippen molar-refractivity contribution in [1.82, 2.24) is 10.3 Å². The number of carbonyl (C=O) groups excluding carboxylic acids is 2. The number of hydrogen-bond acceptors (Lipinski definition) is 6. The highest BCUT2D eigenvalue weighted by Gasteiger charge is 2.31. The summed E-state index contributed by atoms with van der Waals surface area (Å²) in [6.45, 7) is 2.86. The number of alkyl halides is 3. The number of hydrogen-bond donors (Lipinski definition) is 4. The molecule has 0 radical (unpaired) electrons. The van der Waals surface area contributed by atoms with E-state index in [1.165, 1.54) is 12.1 Å². The van der Waals surface area contributed by atoms with Crippen LogP contribution >= 0.6 is 0 Å². The summed E-state index contributed by atoms with van der Waals surface area (Å²) in [7, 11) is 2.00. The van der Waals surface area contributed by atoms with Crippen LogP contribution in [0.3, 0.4) is 0 Å². The maximum absolute atomic E-state index is 13.4. The maximum atomic E-state index is 13.4. The Bertz CT molecular complexity index is 1280. The lowest BCUT2D eigenvalue weighted by Crippen LogP contribution is -2.54. The number of para-hydroxylation sites is 1. The predicted molar refractivity (Wildman–Crippen MR) is 149 cm³/mol. The van der Waals surface area contributed by atoms with Gasteiger partial charge in [0, 0.05) is 37.5 Å². The first kappa shape index (κ1) is 31.2. The van der Waals surface area contributed by atoms with Gasteiger partial charge in [-0.2, -0.15) is 13.2 Å². The second-order valence-corrected chi connectivity index (χ2v) is 10.4. The summed E-state index contributed by atoms with van der Waals surface area (Å²) in [6.07, 6.45) is -2.52. The van der Waals surface area contributed by atoms with E-state index in [-0.39, 0.29) is 18.6 Å². The topological polar surface area (TPSA) is 137 Å². The summed E-state index contributed by atoms with van der Waals surface area (Å²) in [5.41, 5.74) is 18.8. The van der Waals surface area contributed by atoms with E-state index in [1.807, 2.05) is 37.4 Å². The molecule has 8 nitrogen and oxygen atoms in total. The van der Waals surface area contributed by atoms with Crippen molar-refractivity contribution in [2.45, 2.75) is 37.5 Å². The highest BCUT2D eigenvalue weighted by Crippen LogP contribution is 2.29. The largest absolute Gasteiger partial charge is 0.416 e. The number of quaternary nitrogens is 1. The number of halogens is 3. The number of ketones is 1. The van der Waals surface area contributed by atoms with Gasteiger partial charge in [-0.05, 0) is 41.8 Å². The van der Waals surface area contributed by atoms with Crippen LogP contribution in [0.2, 0.25) is 0 Å². The van der Waals surface area contributed by atoms with E-state index in [0.29, 0.717) is 54.8 Å². The van der Waals surface area contributed by atoms with E-state index >= 15 is 0 Å². The van der Waals surface area contributed by atoms with Gasteiger partial charge in [-0.15, -0.1) is 0 Å². The number of fused-ring (bicyclic) bond motifs is 1. The second kappa shape index (κ2) is 13.8. The minimum Gasteiger partial charge on any atom is -0.345 e. The molecule has 0 aliphatic carbocycles. The summed E-state index contributed by atoms with van der Waals surface area (Å²) in [4.78, 5) is 30.9. The molecule has 0 unspecified atom stereocenters. The number of benzene rings is 2. The molecule has 3 aromatic rings. The van der Waals surface area contributed by atoms with Crippen LogP contribution in [0, 0.1) is 0 Å². The molecule has 0 fully saturated rings. The molecule has 1 aromatic heterocycles. The SMILES string of the molecule is C[N+](CCN)(CCN)CC[C@H](N)C(=O)N[C@@H](Cc1ccc(C(F)(F)F)cc1)C(=O)Cc1cnc2ccccc2c1. The number of Topliss-reactive ketones (excluding diaryl/α,β-unsaturated/α-hetero) is 1. The Balaban J connectivity index is 1.76. The number of nitrogens with zero attached hydrogens (tertiary/aromatic N) is 2. The van der Waals surface area contributed by atoms with Crippen molar-refractivity contribution < 1.29 is 27.2 Å². The molecular weight excluding hydrogens is 521 g/mol. The van der Waals surface area contributed by atoms with E-state index < -0.39 is 29.7 Å². The zero-order valence-corrected chi connectivity index (χ0v) is 22.7. The van der Waals surface area contributed by atoms with Crippen LogP contribution in [0.4, 0.5) is 13.2 Å². The zero-order chi connectivity index (χ0) is 29.3. The predicted octanol–water partition coefficient (Wildman–Crippen LogP) is 2.17. The molecule has 2 atom stereocenters. The average molecular weight is 560 g/mol. The fraction of sp³-hybridized carbons (Fsp3) is 0.414. The minimum absolute atomic E-state index is 0.0133. The molecule has 11 heteroatoms. The number of pyridine rings is 1. The Hall–Kier alpha value is -3.38. The van der Waals surface area contributed by atoms with E-state index in [2.05, 4.69) is 10.3 Å². The molecule has 1 heterocycles. The minimum atomic E-state index is -4.47. The average Bonchev–Trinajstić information content (AvgIpc) is 2.91. The normalized spacial score (nSPS) is 13.7. The van der Waals surface area contributed by atoms with Gasteiger partial charge in [-0.3, -0.25) is 14.6 Å². The smallest absolute Gasteiger partial charge is 0.345 e. The van der Waals surface area contributed by atoms with Crippen LogP contribution in [-0.2, 0) is 28.6 Å². The number of likely N-dealkylation sites (N-methyl/N-ethyl adjacent to an activating group) is 1. The van der Waals surface area contributed by atoms with E-state index in [0.717, 1.165) is 23.0 Å². The number of nitrogens with two attached hydrogens (primary N) is 3. The van der Waals surface area contributed by atoms with Gasteiger partial charge in [-0.1, -0.05) is 30.3 Å². The highest BCUT2D eigenvalue weighted by molar-refractivity contribution is 5.92. The Morgan fingerprint density at radius 3 is 2.25 bits per heavy atom. The van der Waals surface area contributed by atoms with Crippen LogP contribution in [0.1, 0.15) is 23.1 Å². The summed E-state index contributed by atoms with van der Waals surface area (Å²) in [5.74, 6) is -0.807. The number of rotatable bonds is 14. The van der Waals surface area contributed by atoms with Gasteiger partial charge in [0.1, 0.15) is 0 Å². The van der Waals surface area contributed by atoms with Gasteiger partial charge in [0.05, 0.1) is 49.8 Å². The number of nitrogens with one attached hydrogen (secondary N) is 1. The van der Waals surface area contributed by atoms with Crippen molar-refractivity contribution in [2.24, 2.45) is 17.2 Å². The summed E-state index contributed by atoms with van der Waals surface area (Å²) in [5, 5.41) is 3.62. The third-order valence-corrected chi connectivity index (χ3v) is 7.11. The van der Waals surface area contributed by atoms with Gasteiger partial charge < -0.3 is 27.0 Å². The molecular formula is C29H38F3N6O2+. The van der Waals surface area contributed by atoms with Crippen molar-refractivity contribution in [1.29, 1.82) is 0 Å². The van der Waals surface area contributed by atoms with Gasteiger partial charge >= 0.3 is 6.18 Å². The zero-order valence-electron chi connectivity index (χ0n) is 22.7. The lowest BCUT2D eigenvalue weighted by atomic mass is 9.96. The molecule has 3 rings (SSSR count). The van der Waals surface area contributed by atoms with E-state index in [9.17, 15) is 22.8 Å². The van der Waals surface area contributed by atoms with Crippen LogP contribution < -0.4 is 22.5 Å². The molecule has 40 heavy (non-hydrogen) atoms.